The summed E-state index contributed by atoms with van der Waals surface area (Å²) in [7, 11) is 0. The average Bonchev–Trinajstić information content (AvgIpc) is 2.81. The van der Waals surface area contributed by atoms with E-state index in [2.05, 4.69) is 9.97 Å². The van der Waals surface area contributed by atoms with Crippen LogP contribution in [0.2, 0.25) is 0 Å². The molecule has 0 aliphatic carbocycles. The minimum atomic E-state index is 0.527. The van der Waals surface area contributed by atoms with Gasteiger partial charge in [0.15, 0.2) is 0 Å². The maximum absolute atomic E-state index is 5.61. The van der Waals surface area contributed by atoms with E-state index in [9.17, 15) is 0 Å². The van der Waals surface area contributed by atoms with Crippen molar-refractivity contribution in [3.63, 3.8) is 0 Å². The van der Waals surface area contributed by atoms with Gasteiger partial charge in [0.25, 0.3) is 0 Å². The number of hydrogen-bond donors (Lipinski definition) is 1. The molecule has 5 heteroatoms. The van der Waals surface area contributed by atoms with Gasteiger partial charge >= 0.3 is 0 Å². The second-order valence-corrected chi connectivity index (χ2v) is 4.96. The minimum Gasteiger partial charge on any atom is -0.375 e. The second kappa shape index (κ2) is 6.58. The summed E-state index contributed by atoms with van der Waals surface area (Å²) in [5.41, 5.74) is 10.5. The van der Waals surface area contributed by atoms with Crippen molar-refractivity contribution < 1.29 is 4.74 Å². The Balaban J connectivity index is 1.73. The fourth-order valence-electron chi connectivity index (χ4n) is 1.57. The van der Waals surface area contributed by atoms with E-state index in [0.29, 0.717) is 19.8 Å². The summed E-state index contributed by atoms with van der Waals surface area (Å²) in [5.74, 6) is 0. The van der Waals surface area contributed by atoms with Gasteiger partial charge in [0.1, 0.15) is 0 Å². The lowest BCUT2D eigenvalue weighted by atomic mass is 10.2. The number of thiazole rings is 1. The molecule has 0 saturated heterocycles. The molecule has 2 rings (SSSR count). The van der Waals surface area contributed by atoms with Gasteiger partial charge in [0.05, 0.1) is 30.1 Å². The van der Waals surface area contributed by atoms with Crippen molar-refractivity contribution in [2.45, 2.75) is 26.5 Å². The third-order valence-electron chi connectivity index (χ3n) is 2.69. The van der Waals surface area contributed by atoms with Crippen LogP contribution in [0.5, 0.6) is 0 Å². The third kappa shape index (κ3) is 3.60. The van der Waals surface area contributed by atoms with Crippen LogP contribution in [0.25, 0.3) is 0 Å². The van der Waals surface area contributed by atoms with E-state index >= 15 is 0 Å². The number of rotatable bonds is 6. The van der Waals surface area contributed by atoms with Gasteiger partial charge in [-0.25, -0.2) is 4.98 Å². The van der Waals surface area contributed by atoms with Crippen LogP contribution < -0.4 is 5.73 Å². The van der Waals surface area contributed by atoms with E-state index in [0.717, 1.165) is 23.4 Å². The summed E-state index contributed by atoms with van der Waals surface area (Å²) < 4.78 is 5.61. The van der Waals surface area contributed by atoms with Crippen molar-refractivity contribution in [2.24, 2.45) is 5.73 Å². The van der Waals surface area contributed by atoms with E-state index in [1.54, 1.807) is 17.5 Å². The largest absolute Gasteiger partial charge is 0.375 e. The first-order valence-corrected chi connectivity index (χ1v) is 6.78. The molecule has 2 heterocycles. The summed E-state index contributed by atoms with van der Waals surface area (Å²) in [4.78, 5) is 9.79. The molecule has 0 aromatic carbocycles. The van der Waals surface area contributed by atoms with Gasteiger partial charge in [-0.05, 0) is 18.6 Å². The highest BCUT2D eigenvalue weighted by Crippen LogP contribution is 2.12. The van der Waals surface area contributed by atoms with E-state index in [1.165, 1.54) is 4.88 Å². The fraction of sp³-hybridized carbons (Fsp3) is 0.385. The smallest absolute Gasteiger partial charge is 0.0887 e. The van der Waals surface area contributed by atoms with Gasteiger partial charge in [0.2, 0.25) is 0 Å². The zero-order valence-electron chi connectivity index (χ0n) is 10.4. The van der Waals surface area contributed by atoms with Crippen LogP contribution in [-0.2, 0) is 24.3 Å². The van der Waals surface area contributed by atoms with Crippen molar-refractivity contribution in [2.75, 3.05) is 6.61 Å². The molecule has 0 fully saturated rings. The molecule has 0 saturated carbocycles. The van der Waals surface area contributed by atoms with Crippen LogP contribution in [0.3, 0.4) is 0 Å². The Morgan fingerprint density at radius 3 is 2.83 bits per heavy atom. The van der Waals surface area contributed by atoms with E-state index in [4.69, 9.17) is 10.5 Å². The highest BCUT2D eigenvalue weighted by molar-refractivity contribution is 7.09. The molecule has 0 spiro atoms. The fourth-order valence-corrected chi connectivity index (χ4v) is 2.33. The molecule has 18 heavy (non-hydrogen) atoms. The molecule has 4 nitrogen and oxygen atoms in total. The molecule has 0 unspecified atom stereocenters. The number of ether oxygens (including phenoxy) is 1. The lowest BCUT2D eigenvalue weighted by molar-refractivity contribution is 0.121. The van der Waals surface area contributed by atoms with Gasteiger partial charge in [-0.3, -0.25) is 4.98 Å². The number of hydrogen-bond acceptors (Lipinski definition) is 5. The minimum absolute atomic E-state index is 0.527. The maximum Gasteiger partial charge on any atom is 0.0887 e. The molecule has 2 aromatic heterocycles. The molecular formula is C13H17N3OS. The Labute approximate surface area is 111 Å². The van der Waals surface area contributed by atoms with Crippen LogP contribution in [0.4, 0.5) is 0 Å². The van der Waals surface area contributed by atoms with Crippen LogP contribution in [0.15, 0.2) is 23.8 Å². The number of aromatic nitrogens is 2. The van der Waals surface area contributed by atoms with E-state index in [-0.39, 0.29) is 0 Å². The van der Waals surface area contributed by atoms with Crippen LogP contribution in [-0.4, -0.2) is 16.6 Å². The lowest BCUT2D eigenvalue weighted by Gasteiger charge is -2.04. The van der Waals surface area contributed by atoms with Gasteiger partial charge in [-0.1, -0.05) is 6.07 Å². The lowest BCUT2D eigenvalue weighted by Crippen LogP contribution is -2.02. The number of aryl methyl sites for hydroxylation is 1. The molecule has 0 bridgehead atoms. The highest BCUT2D eigenvalue weighted by atomic mass is 32.1. The Morgan fingerprint density at radius 2 is 2.22 bits per heavy atom. The molecular weight excluding hydrogens is 246 g/mol. The summed E-state index contributed by atoms with van der Waals surface area (Å²) in [6.07, 6.45) is 2.71. The molecule has 0 amide bonds. The summed E-state index contributed by atoms with van der Waals surface area (Å²) in [6.45, 7) is 3.80. The Kier molecular flexibility index (Phi) is 4.81. The maximum atomic E-state index is 5.61. The van der Waals surface area contributed by atoms with Gasteiger partial charge in [-0.15, -0.1) is 11.3 Å². The topological polar surface area (TPSA) is 61.0 Å². The molecule has 2 aromatic rings. The number of nitrogens with zero attached hydrogens (tertiary/aromatic N) is 2. The molecule has 0 atom stereocenters. The monoisotopic (exact) mass is 263 g/mol. The molecule has 0 radical (unpaired) electrons. The second-order valence-electron chi connectivity index (χ2n) is 4.03. The number of pyridine rings is 1. The molecule has 2 N–H and O–H groups in total. The van der Waals surface area contributed by atoms with Crippen molar-refractivity contribution in [3.05, 3.63) is 45.7 Å². The Bertz CT molecular complexity index is 481. The zero-order valence-corrected chi connectivity index (χ0v) is 11.2. The highest BCUT2D eigenvalue weighted by Gasteiger charge is 2.01. The van der Waals surface area contributed by atoms with Crippen LogP contribution in [0.1, 0.15) is 21.8 Å². The van der Waals surface area contributed by atoms with Crippen LogP contribution >= 0.6 is 11.3 Å². The standard InChI is InChI=1S/C13H17N3OS/c1-10-13(18-9-16-10)4-5-17-8-12-3-2-11(6-14)7-15-12/h2-3,7,9H,4-6,8,14H2,1H3. The summed E-state index contributed by atoms with van der Waals surface area (Å²) in [6, 6.07) is 3.94. The Hall–Kier alpha value is -1.30. The molecule has 0 aliphatic heterocycles. The normalized spacial score (nSPS) is 10.8. The molecule has 96 valence electrons. The first-order chi connectivity index (χ1) is 8.79. The van der Waals surface area contributed by atoms with Crippen molar-refractivity contribution >= 4 is 11.3 Å². The molecule has 0 aliphatic rings. The average molecular weight is 263 g/mol. The van der Waals surface area contributed by atoms with Crippen molar-refractivity contribution in [1.29, 1.82) is 0 Å². The SMILES string of the molecule is Cc1ncsc1CCOCc1ccc(CN)cn1. The predicted molar refractivity (Wildman–Crippen MR) is 72.3 cm³/mol. The third-order valence-corrected chi connectivity index (χ3v) is 3.68. The van der Waals surface area contributed by atoms with Crippen LogP contribution in [0, 0.1) is 6.92 Å². The van der Waals surface area contributed by atoms with Crippen molar-refractivity contribution in [1.82, 2.24) is 9.97 Å². The quantitative estimate of drug-likeness (QED) is 0.810. The summed E-state index contributed by atoms with van der Waals surface area (Å²) in [5, 5.41) is 0. The first-order valence-electron chi connectivity index (χ1n) is 5.90. The van der Waals surface area contributed by atoms with Crippen molar-refractivity contribution in [3.8, 4) is 0 Å². The van der Waals surface area contributed by atoms with E-state index in [1.807, 2.05) is 24.6 Å². The predicted octanol–water partition coefficient (Wildman–Crippen LogP) is 2.06. The Morgan fingerprint density at radius 1 is 1.33 bits per heavy atom. The zero-order chi connectivity index (χ0) is 12.8. The summed E-state index contributed by atoms with van der Waals surface area (Å²) >= 11 is 1.68. The van der Waals surface area contributed by atoms with Gasteiger partial charge in [0, 0.05) is 24.0 Å². The van der Waals surface area contributed by atoms with Gasteiger partial charge in [-0.2, -0.15) is 0 Å². The number of nitrogens with two attached hydrogens (primary N) is 1. The van der Waals surface area contributed by atoms with E-state index < -0.39 is 0 Å². The van der Waals surface area contributed by atoms with Gasteiger partial charge < -0.3 is 10.5 Å². The first kappa shape index (κ1) is 13.1.